The van der Waals surface area contributed by atoms with Crippen LogP contribution in [0, 0.1) is 0 Å². The van der Waals surface area contributed by atoms with Crippen molar-refractivity contribution in [1.29, 1.82) is 0 Å². The summed E-state index contributed by atoms with van der Waals surface area (Å²) in [7, 11) is 0. The average molecular weight is 273 g/mol. The van der Waals surface area contributed by atoms with E-state index in [1.165, 1.54) is 12.1 Å². The third-order valence-corrected chi connectivity index (χ3v) is 2.52. The molecule has 0 spiro atoms. The molecule has 15 heavy (non-hydrogen) atoms. The Morgan fingerprint density at radius 1 is 1.33 bits per heavy atom. The van der Waals surface area contributed by atoms with Crippen LogP contribution in [-0.4, -0.2) is 16.9 Å². The number of hydrogen-bond acceptors (Lipinski definition) is 4. The number of rotatable bonds is 0. The molecule has 1 aromatic carbocycles. The van der Waals surface area contributed by atoms with E-state index in [1.54, 1.807) is 13.8 Å². The Balaban J connectivity index is 2.60. The first-order valence-corrected chi connectivity index (χ1v) is 5.13. The molecule has 1 aliphatic rings. The fraction of sp³-hybridized carbons (Fsp3) is 0.300. The summed E-state index contributed by atoms with van der Waals surface area (Å²) in [6, 6.07) is 2.78. The van der Waals surface area contributed by atoms with Crippen LogP contribution in [-0.2, 0) is 4.74 Å². The summed E-state index contributed by atoms with van der Waals surface area (Å²) in [6.07, 6.45) is 0. The standard InChI is InChI=1S/C10H9BrO4/c1-10(2)14-8-6(9(13)15-10)3-5(12)4-7(8)11/h3-4,12H,1-2H3. The van der Waals surface area contributed by atoms with Crippen LogP contribution in [0.5, 0.6) is 11.5 Å². The lowest BCUT2D eigenvalue weighted by molar-refractivity contribution is -0.127. The van der Waals surface area contributed by atoms with Crippen molar-refractivity contribution in [2.75, 3.05) is 0 Å². The Kier molecular flexibility index (Phi) is 2.15. The number of ether oxygens (including phenoxy) is 2. The van der Waals surface area contributed by atoms with E-state index < -0.39 is 11.8 Å². The van der Waals surface area contributed by atoms with Crippen LogP contribution in [0.2, 0.25) is 0 Å². The Morgan fingerprint density at radius 2 is 2.00 bits per heavy atom. The lowest BCUT2D eigenvalue weighted by Gasteiger charge is -2.32. The van der Waals surface area contributed by atoms with Crippen molar-refractivity contribution in [3.8, 4) is 11.5 Å². The van der Waals surface area contributed by atoms with Gasteiger partial charge in [0.1, 0.15) is 11.3 Å². The molecular formula is C10H9BrO4. The highest BCUT2D eigenvalue weighted by atomic mass is 79.9. The molecule has 4 nitrogen and oxygen atoms in total. The summed E-state index contributed by atoms with van der Waals surface area (Å²) >= 11 is 3.22. The number of aromatic hydroxyl groups is 1. The van der Waals surface area contributed by atoms with Gasteiger partial charge in [-0.25, -0.2) is 4.79 Å². The van der Waals surface area contributed by atoms with E-state index >= 15 is 0 Å². The molecule has 0 atom stereocenters. The summed E-state index contributed by atoms with van der Waals surface area (Å²) in [5.41, 5.74) is 0.223. The summed E-state index contributed by atoms with van der Waals surface area (Å²) in [6.45, 7) is 3.29. The number of fused-ring (bicyclic) bond motifs is 1. The number of phenols is 1. The number of halogens is 1. The maximum absolute atomic E-state index is 11.6. The topological polar surface area (TPSA) is 55.8 Å². The predicted octanol–water partition coefficient (Wildman–Crippen LogP) is 2.44. The lowest BCUT2D eigenvalue weighted by Crippen LogP contribution is -2.39. The van der Waals surface area contributed by atoms with Gasteiger partial charge in [-0.05, 0) is 28.1 Å². The van der Waals surface area contributed by atoms with Crippen LogP contribution in [0.1, 0.15) is 24.2 Å². The second kappa shape index (κ2) is 3.13. The minimum atomic E-state index is -0.983. The first kappa shape index (κ1) is 10.3. The van der Waals surface area contributed by atoms with Gasteiger partial charge in [-0.1, -0.05) is 0 Å². The van der Waals surface area contributed by atoms with E-state index in [0.717, 1.165) is 0 Å². The monoisotopic (exact) mass is 272 g/mol. The van der Waals surface area contributed by atoms with Crippen molar-refractivity contribution in [2.24, 2.45) is 0 Å². The molecule has 1 aromatic rings. The van der Waals surface area contributed by atoms with E-state index in [-0.39, 0.29) is 11.3 Å². The highest BCUT2D eigenvalue weighted by Gasteiger charge is 2.35. The van der Waals surface area contributed by atoms with E-state index in [0.29, 0.717) is 10.2 Å². The molecule has 0 unspecified atom stereocenters. The van der Waals surface area contributed by atoms with Gasteiger partial charge in [-0.15, -0.1) is 0 Å². The quantitative estimate of drug-likeness (QED) is 0.737. The maximum atomic E-state index is 11.6. The summed E-state index contributed by atoms with van der Waals surface area (Å²) in [5.74, 6) is -1.10. The van der Waals surface area contributed by atoms with Crippen molar-refractivity contribution >= 4 is 21.9 Å². The Morgan fingerprint density at radius 3 is 2.67 bits per heavy atom. The number of carbonyl (C=O) groups excluding carboxylic acids is 1. The van der Waals surface area contributed by atoms with E-state index in [4.69, 9.17) is 9.47 Å². The van der Waals surface area contributed by atoms with Crippen molar-refractivity contribution in [2.45, 2.75) is 19.6 Å². The molecule has 0 amide bonds. The summed E-state index contributed by atoms with van der Waals surface area (Å²) < 4.78 is 11.0. The van der Waals surface area contributed by atoms with Crippen molar-refractivity contribution < 1.29 is 19.4 Å². The van der Waals surface area contributed by atoms with Gasteiger partial charge in [0, 0.05) is 13.8 Å². The van der Waals surface area contributed by atoms with E-state index in [1.807, 2.05) is 0 Å². The van der Waals surface area contributed by atoms with Crippen LogP contribution in [0.15, 0.2) is 16.6 Å². The number of esters is 1. The fourth-order valence-corrected chi connectivity index (χ4v) is 1.91. The minimum Gasteiger partial charge on any atom is -0.508 e. The minimum absolute atomic E-state index is 0.0131. The molecule has 5 heteroatoms. The van der Waals surface area contributed by atoms with Gasteiger partial charge in [-0.2, -0.15) is 0 Å². The SMILES string of the molecule is CC1(C)OC(=O)c2cc(O)cc(Br)c2O1. The smallest absolute Gasteiger partial charge is 0.345 e. The zero-order chi connectivity index (χ0) is 11.2. The number of benzene rings is 1. The third-order valence-electron chi connectivity index (χ3n) is 1.93. The maximum Gasteiger partial charge on any atom is 0.345 e. The van der Waals surface area contributed by atoms with Crippen molar-refractivity contribution in [1.82, 2.24) is 0 Å². The zero-order valence-corrected chi connectivity index (χ0v) is 9.79. The number of cyclic esters (lactones) is 1. The van der Waals surface area contributed by atoms with Gasteiger partial charge in [0.25, 0.3) is 0 Å². The first-order valence-electron chi connectivity index (χ1n) is 4.34. The van der Waals surface area contributed by atoms with E-state index in [9.17, 15) is 9.90 Å². The molecule has 80 valence electrons. The highest BCUT2D eigenvalue weighted by molar-refractivity contribution is 9.10. The van der Waals surface area contributed by atoms with Crippen LogP contribution in [0.3, 0.4) is 0 Å². The van der Waals surface area contributed by atoms with Gasteiger partial charge in [0.15, 0.2) is 5.75 Å². The largest absolute Gasteiger partial charge is 0.508 e. The van der Waals surface area contributed by atoms with E-state index in [2.05, 4.69) is 15.9 Å². The molecule has 0 aliphatic carbocycles. The molecule has 0 saturated heterocycles. The molecule has 0 radical (unpaired) electrons. The molecule has 0 bridgehead atoms. The molecule has 0 aromatic heterocycles. The molecule has 1 heterocycles. The average Bonchev–Trinajstić information content (AvgIpc) is 2.06. The highest BCUT2D eigenvalue weighted by Crippen LogP contribution is 2.39. The fourth-order valence-electron chi connectivity index (χ4n) is 1.38. The Labute approximate surface area is 94.9 Å². The van der Waals surface area contributed by atoms with Gasteiger partial charge in [0.2, 0.25) is 5.79 Å². The van der Waals surface area contributed by atoms with Crippen molar-refractivity contribution in [3.05, 3.63) is 22.2 Å². The van der Waals surface area contributed by atoms with Gasteiger partial charge >= 0.3 is 5.97 Å². The number of hydrogen-bond donors (Lipinski definition) is 1. The molecule has 0 fully saturated rings. The Bertz CT molecular complexity index is 439. The van der Waals surface area contributed by atoms with Crippen LogP contribution in [0.25, 0.3) is 0 Å². The van der Waals surface area contributed by atoms with Gasteiger partial charge in [-0.3, -0.25) is 0 Å². The normalized spacial score (nSPS) is 17.7. The number of carbonyl (C=O) groups is 1. The lowest BCUT2D eigenvalue weighted by atomic mass is 10.1. The predicted molar refractivity (Wildman–Crippen MR) is 55.9 cm³/mol. The molecule has 1 N–H and O–H groups in total. The van der Waals surface area contributed by atoms with Crippen molar-refractivity contribution in [3.63, 3.8) is 0 Å². The second-order valence-corrected chi connectivity index (χ2v) is 4.55. The molecule has 0 saturated carbocycles. The third kappa shape index (κ3) is 1.79. The summed E-state index contributed by atoms with van der Waals surface area (Å²) in [4.78, 5) is 11.6. The molecular weight excluding hydrogens is 264 g/mol. The van der Waals surface area contributed by atoms with Crippen LogP contribution < -0.4 is 4.74 Å². The second-order valence-electron chi connectivity index (χ2n) is 3.70. The van der Waals surface area contributed by atoms with Crippen LogP contribution in [0.4, 0.5) is 0 Å². The zero-order valence-electron chi connectivity index (χ0n) is 8.20. The summed E-state index contributed by atoms with van der Waals surface area (Å²) in [5, 5.41) is 9.32. The first-order chi connectivity index (χ1) is 6.89. The van der Waals surface area contributed by atoms with Crippen LogP contribution >= 0.6 is 15.9 Å². The Hall–Kier alpha value is -1.23. The molecule has 1 aliphatic heterocycles. The number of phenolic OH excluding ortho intramolecular Hbond substituents is 1. The van der Waals surface area contributed by atoms with Gasteiger partial charge in [0.05, 0.1) is 4.47 Å². The van der Waals surface area contributed by atoms with Gasteiger partial charge < -0.3 is 14.6 Å². The molecule has 2 rings (SSSR count).